The van der Waals surface area contributed by atoms with Gasteiger partial charge in [0.2, 0.25) is 5.91 Å². The van der Waals surface area contributed by atoms with Crippen LogP contribution in [0.15, 0.2) is 15.9 Å². The maximum Gasteiger partial charge on any atom is 0.303 e. The minimum absolute atomic E-state index is 0.0396. The molecule has 1 rings (SSSR count). The Kier molecular flexibility index (Phi) is 7.84. The number of carbonyl (C=O) groups is 2. The molecule has 0 aliphatic heterocycles. The fourth-order valence-corrected chi connectivity index (χ4v) is 3.41. The normalized spacial score (nSPS) is 12.1. The number of hydrogen-bond donors (Lipinski definition) is 2. The van der Waals surface area contributed by atoms with Crippen molar-refractivity contribution in [1.29, 1.82) is 0 Å². The van der Waals surface area contributed by atoms with Gasteiger partial charge >= 0.3 is 5.97 Å². The lowest BCUT2D eigenvalue weighted by atomic mass is 10.1. The summed E-state index contributed by atoms with van der Waals surface area (Å²) in [5.41, 5.74) is 0. The Balaban J connectivity index is 2.11. The van der Waals surface area contributed by atoms with Gasteiger partial charge in [0.1, 0.15) is 0 Å². The van der Waals surface area contributed by atoms with E-state index in [0.29, 0.717) is 19.3 Å². The molecule has 112 valence electrons. The predicted octanol–water partition coefficient (Wildman–Crippen LogP) is 3.59. The van der Waals surface area contributed by atoms with Gasteiger partial charge < -0.3 is 10.4 Å². The van der Waals surface area contributed by atoms with Gasteiger partial charge in [-0.25, -0.2) is 0 Å². The third-order valence-electron chi connectivity index (χ3n) is 2.89. The number of thiophene rings is 1. The first-order valence-electron chi connectivity index (χ1n) is 6.72. The second kappa shape index (κ2) is 9.13. The van der Waals surface area contributed by atoms with Crippen molar-refractivity contribution in [3.8, 4) is 0 Å². The average Bonchev–Trinajstić information content (AvgIpc) is 2.74. The lowest BCUT2D eigenvalue weighted by Gasteiger charge is -2.13. The van der Waals surface area contributed by atoms with Crippen LogP contribution in [-0.2, 0) is 16.0 Å². The molecule has 0 saturated heterocycles. The maximum absolute atomic E-state index is 11.7. The van der Waals surface area contributed by atoms with Crippen LogP contribution in [0, 0.1) is 0 Å². The summed E-state index contributed by atoms with van der Waals surface area (Å²) in [4.78, 5) is 23.4. The van der Waals surface area contributed by atoms with Crippen molar-refractivity contribution >= 4 is 39.1 Å². The van der Waals surface area contributed by atoms with Crippen LogP contribution < -0.4 is 5.32 Å². The van der Waals surface area contributed by atoms with Crippen LogP contribution in [0.5, 0.6) is 0 Å². The molecule has 4 nitrogen and oxygen atoms in total. The summed E-state index contributed by atoms with van der Waals surface area (Å²) in [7, 11) is 0. The molecule has 0 saturated carbocycles. The molecule has 0 aliphatic carbocycles. The number of aryl methyl sites for hydroxylation is 1. The molecule has 0 spiro atoms. The minimum atomic E-state index is -0.786. The summed E-state index contributed by atoms with van der Waals surface area (Å²) >= 11 is 5.11. The van der Waals surface area contributed by atoms with Gasteiger partial charge in [-0.2, -0.15) is 0 Å². The van der Waals surface area contributed by atoms with Gasteiger partial charge in [-0.3, -0.25) is 9.59 Å². The fourth-order valence-electron chi connectivity index (χ4n) is 1.89. The molecular weight excluding hydrogens is 342 g/mol. The summed E-state index contributed by atoms with van der Waals surface area (Å²) in [6.07, 6.45) is 3.72. The topological polar surface area (TPSA) is 66.4 Å². The Morgan fingerprint density at radius 1 is 1.35 bits per heavy atom. The highest BCUT2D eigenvalue weighted by molar-refractivity contribution is 9.11. The zero-order valence-corrected chi connectivity index (χ0v) is 13.9. The molecule has 1 amide bonds. The number of carbonyl (C=O) groups excluding carboxylic acids is 1. The van der Waals surface area contributed by atoms with E-state index in [2.05, 4.69) is 27.3 Å². The van der Waals surface area contributed by atoms with Gasteiger partial charge in [0.25, 0.3) is 0 Å². The van der Waals surface area contributed by atoms with E-state index >= 15 is 0 Å². The molecular formula is C14H20BrNO3S. The predicted molar refractivity (Wildman–Crippen MR) is 84.0 cm³/mol. The summed E-state index contributed by atoms with van der Waals surface area (Å²) in [6, 6.07) is 4.13. The zero-order chi connectivity index (χ0) is 15.0. The van der Waals surface area contributed by atoms with Crippen molar-refractivity contribution < 1.29 is 14.7 Å². The molecule has 1 unspecified atom stereocenters. The highest BCUT2D eigenvalue weighted by atomic mass is 79.9. The molecule has 0 aliphatic rings. The third-order valence-corrected chi connectivity index (χ3v) is 4.57. The summed E-state index contributed by atoms with van der Waals surface area (Å²) in [5.74, 6) is -0.742. The quantitative estimate of drug-likeness (QED) is 0.706. The van der Waals surface area contributed by atoms with Crippen LogP contribution in [0.1, 0.15) is 43.9 Å². The van der Waals surface area contributed by atoms with Crippen molar-refractivity contribution in [3.63, 3.8) is 0 Å². The van der Waals surface area contributed by atoms with E-state index in [1.807, 2.05) is 13.0 Å². The van der Waals surface area contributed by atoms with E-state index in [0.717, 1.165) is 16.6 Å². The summed E-state index contributed by atoms with van der Waals surface area (Å²) in [5, 5.41) is 11.5. The van der Waals surface area contributed by atoms with Crippen molar-refractivity contribution in [1.82, 2.24) is 5.32 Å². The molecule has 1 aromatic heterocycles. The number of nitrogens with one attached hydrogen (secondary N) is 1. The minimum Gasteiger partial charge on any atom is -0.481 e. The van der Waals surface area contributed by atoms with Crippen LogP contribution in [0.25, 0.3) is 0 Å². The van der Waals surface area contributed by atoms with Crippen molar-refractivity contribution in [2.24, 2.45) is 0 Å². The van der Waals surface area contributed by atoms with E-state index in [-0.39, 0.29) is 18.4 Å². The highest BCUT2D eigenvalue weighted by Crippen LogP contribution is 2.23. The summed E-state index contributed by atoms with van der Waals surface area (Å²) in [6.45, 7) is 1.91. The first-order chi connectivity index (χ1) is 9.47. The molecule has 0 radical (unpaired) electrons. The first-order valence-corrected chi connectivity index (χ1v) is 8.33. The Labute approximate surface area is 131 Å². The fraction of sp³-hybridized carbons (Fsp3) is 0.571. The Morgan fingerprint density at radius 2 is 2.10 bits per heavy atom. The van der Waals surface area contributed by atoms with Gasteiger partial charge in [0.05, 0.1) is 3.79 Å². The van der Waals surface area contributed by atoms with Crippen LogP contribution in [0.2, 0.25) is 0 Å². The number of hydrogen-bond acceptors (Lipinski definition) is 3. The molecule has 1 aromatic rings. The van der Waals surface area contributed by atoms with Gasteiger partial charge in [-0.1, -0.05) is 0 Å². The molecule has 6 heteroatoms. The van der Waals surface area contributed by atoms with Gasteiger partial charge in [-0.15, -0.1) is 11.3 Å². The van der Waals surface area contributed by atoms with E-state index in [9.17, 15) is 9.59 Å². The third kappa shape index (κ3) is 7.65. The highest BCUT2D eigenvalue weighted by Gasteiger charge is 2.08. The van der Waals surface area contributed by atoms with Crippen LogP contribution in [-0.4, -0.2) is 23.0 Å². The molecule has 1 heterocycles. The van der Waals surface area contributed by atoms with Gasteiger partial charge in [-0.05, 0) is 60.7 Å². The van der Waals surface area contributed by atoms with Crippen LogP contribution in [0.3, 0.4) is 0 Å². The number of carboxylic acids is 1. The van der Waals surface area contributed by atoms with Gasteiger partial charge in [0.15, 0.2) is 0 Å². The van der Waals surface area contributed by atoms with E-state index < -0.39 is 5.97 Å². The first kappa shape index (κ1) is 17.2. The number of aliphatic carboxylic acids is 1. The Morgan fingerprint density at radius 3 is 2.70 bits per heavy atom. The van der Waals surface area contributed by atoms with Crippen molar-refractivity contribution in [2.75, 3.05) is 0 Å². The number of halogens is 1. The standard InChI is InChI=1S/C14H20BrNO3S/c1-10(4-2-7-14(18)19)16-13(17)6-3-5-11-8-9-12(15)20-11/h8-10H,2-7H2,1H3,(H,16,17)(H,18,19). The lowest BCUT2D eigenvalue weighted by molar-refractivity contribution is -0.137. The van der Waals surface area contributed by atoms with Crippen molar-refractivity contribution in [2.45, 2.75) is 51.5 Å². The number of carboxylic acid groups (broad SMARTS) is 1. The molecule has 2 N–H and O–H groups in total. The number of amides is 1. The Hall–Kier alpha value is -0.880. The molecule has 1 atom stereocenters. The summed E-state index contributed by atoms with van der Waals surface area (Å²) < 4.78 is 1.11. The largest absolute Gasteiger partial charge is 0.481 e. The van der Waals surface area contributed by atoms with Crippen molar-refractivity contribution in [3.05, 3.63) is 20.8 Å². The molecule has 0 fully saturated rings. The lowest BCUT2D eigenvalue weighted by Crippen LogP contribution is -2.32. The monoisotopic (exact) mass is 361 g/mol. The molecule has 20 heavy (non-hydrogen) atoms. The van der Waals surface area contributed by atoms with E-state index in [1.54, 1.807) is 11.3 Å². The maximum atomic E-state index is 11.7. The van der Waals surface area contributed by atoms with Gasteiger partial charge in [0, 0.05) is 23.8 Å². The number of rotatable bonds is 9. The molecule has 0 aromatic carbocycles. The SMILES string of the molecule is CC(CCCC(=O)O)NC(=O)CCCc1ccc(Br)s1. The Bertz CT molecular complexity index is 447. The second-order valence-electron chi connectivity index (χ2n) is 4.81. The smallest absolute Gasteiger partial charge is 0.303 e. The van der Waals surface area contributed by atoms with E-state index in [1.165, 1.54) is 4.88 Å². The molecule has 0 bridgehead atoms. The van der Waals surface area contributed by atoms with E-state index in [4.69, 9.17) is 5.11 Å². The van der Waals surface area contributed by atoms with Crippen LogP contribution >= 0.6 is 27.3 Å². The average molecular weight is 362 g/mol. The second-order valence-corrected chi connectivity index (χ2v) is 7.36. The zero-order valence-electron chi connectivity index (χ0n) is 11.5. The van der Waals surface area contributed by atoms with Crippen LogP contribution in [0.4, 0.5) is 0 Å².